The lowest BCUT2D eigenvalue weighted by Gasteiger charge is -2.19. The third-order valence-corrected chi connectivity index (χ3v) is 5.21. The van der Waals surface area contributed by atoms with E-state index in [0.717, 1.165) is 10.4 Å². The molecule has 0 amide bonds. The van der Waals surface area contributed by atoms with Crippen LogP contribution in [0.15, 0.2) is 23.1 Å². The molecule has 0 bridgehead atoms. The minimum Gasteiger partial charge on any atom is -0.326 e. The Hall–Kier alpha value is -1.72. The van der Waals surface area contributed by atoms with Crippen LogP contribution in [0.25, 0.3) is 0 Å². The zero-order valence-corrected chi connectivity index (χ0v) is 11.9. The first kappa shape index (κ1) is 16.6. The van der Waals surface area contributed by atoms with Crippen LogP contribution in [-0.4, -0.2) is 36.8 Å². The minimum atomic E-state index is -5.03. The number of sulfonamides is 1. The molecule has 1 aliphatic rings. The van der Waals surface area contributed by atoms with Gasteiger partial charge in [-0.05, 0) is 12.5 Å². The zero-order chi connectivity index (χ0) is 16.7. The monoisotopic (exact) mass is 339 g/mol. The topological polar surface area (TPSA) is 107 Å². The second-order valence-corrected chi connectivity index (χ2v) is 6.75. The predicted octanol–water partition coefficient (Wildman–Crippen LogP) is 1.34. The molecule has 11 heteroatoms. The number of nitrogens with two attached hydrogens (primary N) is 1. The van der Waals surface area contributed by atoms with E-state index in [0.29, 0.717) is 12.5 Å². The maximum Gasteiger partial charge on any atom is 0.417 e. The number of nitro benzene ring substituents is 1. The van der Waals surface area contributed by atoms with E-state index in [1.165, 1.54) is 0 Å². The molecule has 0 aliphatic carbocycles. The molecule has 1 aromatic carbocycles. The molecule has 1 aromatic rings. The summed E-state index contributed by atoms with van der Waals surface area (Å²) < 4.78 is 64.7. The summed E-state index contributed by atoms with van der Waals surface area (Å²) in [6.45, 7) is -0.0750. The smallest absolute Gasteiger partial charge is 0.326 e. The van der Waals surface area contributed by atoms with Gasteiger partial charge in [-0.25, -0.2) is 8.42 Å². The van der Waals surface area contributed by atoms with Crippen molar-refractivity contribution in [2.45, 2.75) is 23.5 Å². The van der Waals surface area contributed by atoms with Gasteiger partial charge in [0, 0.05) is 31.3 Å². The number of benzene rings is 1. The first-order valence-corrected chi connectivity index (χ1v) is 7.59. The van der Waals surface area contributed by atoms with Crippen LogP contribution in [0.3, 0.4) is 0 Å². The lowest BCUT2D eigenvalue weighted by atomic mass is 10.2. The number of non-ortho nitro benzene ring substituents is 1. The normalized spacial score (nSPS) is 20.3. The summed E-state index contributed by atoms with van der Waals surface area (Å²) in [5, 5.41) is 10.6. The van der Waals surface area contributed by atoms with Crippen LogP contribution < -0.4 is 5.73 Å². The maximum absolute atomic E-state index is 13.1. The van der Waals surface area contributed by atoms with Crippen LogP contribution in [0.4, 0.5) is 18.9 Å². The molecule has 2 rings (SSSR count). The largest absolute Gasteiger partial charge is 0.417 e. The van der Waals surface area contributed by atoms with Gasteiger partial charge in [-0.1, -0.05) is 0 Å². The van der Waals surface area contributed by atoms with Gasteiger partial charge in [0.05, 0.1) is 15.4 Å². The van der Waals surface area contributed by atoms with Crippen molar-refractivity contribution < 1.29 is 26.5 Å². The first-order chi connectivity index (χ1) is 10.0. The van der Waals surface area contributed by atoms with Crippen LogP contribution in [-0.2, 0) is 16.2 Å². The van der Waals surface area contributed by atoms with Crippen molar-refractivity contribution in [1.82, 2.24) is 4.31 Å². The third kappa shape index (κ3) is 3.05. The molecular weight excluding hydrogens is 327 g/mol. The Balaban J connectivity index is 2.57. The summed E-state index contributed by atoms with van der Waals surface area (Å²) in [7, 11) is -4.42. The molecule has 1 aliphatic heterocycles. The summed E-state index contributed by atoms with van der Waals surface area (Å²) >= 11 is 0. The molecule has 122 valence electrons. The van der Waals surface area contributed by atoms with Gasteiger partial charge < -0.3 is 5.73 Å². The van der Waals surface area contributed by atoms with Crippen molar-refractivity contribution in [3.05, 3.63) is 33.9 Å². The lowest BCUT2D eigenvalue weighted by Crippen LogP contribution is -2.33. The van der Waals surface area contributed by atoms with Crippen molar-refractivity contribution >= 4 is 15.7 Å². The Kier molecular flexibility index (Phi) is 4.15. The lowest BCUT2D eigenvalue weighted by molar-refractivity contribution is -0.385. The SMILES string of the molecule is N[C@@H]1CCN(S(=O)(=O)c2ccc([N+](=O)[O-])cc2C(F)(F)F)C1. The Morgan fingerprint density at radius 1 is 1.36 bits per heavy atom. The number of nitro groups is 1. The first-order valence-electron chi connectivity index (χ1n) is 6.15. The molecule has 2 N–H and O–H groups in total. The molecule has 1 fully saturated rings. The number of hydrogen-bond donors (Lipinski definition) is 1. The standard InChI is InChI=1S/C11H12F3N3O4S/c12-11(13,14)9-5-8(17(18)19)1-2-10(9)22(20,21)16-4-3-7(15)6-16/h1-2,5,7H,3-4,6,15H2/t7-/m1/s1. The Morgan fingerprint density at radius 2 is 2.00 bits per heavy atom. The molecule has 1 saturated heterocycles. The number of alkyl halides is 3. The van der Waals surface area contributed by atoms with Crippen molar-refractivity contribution in [2.24, 2.45) is 5.73 Å². The third-order valence-electron chi connectivity index (χ3n) is 3.28. The average Bonchev–Trinajstić information content (AvgIpc) is 2.84. The minimum absolute atomic E-state index is 0.0117. The molecule has 0 saturated carbocycles. The van der Waals surface area contributed by atoms with Gasteiger partial charge in [0.2, 0.25) is 10.0 Å². The second kappa shape index (κ2) is 5.48. The summed E-state index contributed by atoms with van der Waals surface area (Å²) in [5.74, 6) is 0. The van der Waals surface area contributed by atoms with Gasteiger partial charge in [0.15, 0.2) is 0 Å². The highest BCUT2D eigenvalue weighted by Crippen LogP contribution is 2.37. The maximum atomic E-state index is 13.1. The molecule has 1 heterocycles. The molecule has 0 radical (unpaired) electrons. The highest BCUT2D eigenvalue weighted by Gasteiger charge is 2.41. The van der Waals surface area contributed by atoms with Crippen molar-refractivity contribution in [3.8, 4) is 0 Å². The summed E-state index contributed by atoms with van der Waals surface area (Å²) in [4.78, 5) is 8.59. The van der Waals surface area contributed by atoms with Crippen LogP contribution in [0.2, 0.25) is 0 Å². The number of hydrogen-bond acceptors (Lipinski definition) is 5. The van der Waals surface area contributed by atoms with Crippen molar-refractivity contribution in [2.75, 3.05) is 13.1 Å². The van der Waals surface area contributed by atoms with Gasteiger partial charge in [-0.2, -0.15) is 17.5 Å². The molecule has 1 atom stereocenters. The van der Waals surface area contributed by atoms with Crippen LogP contribution >= 0.6 is 0 Å². The highest BCUT2D eigenvalue weighted by molar-refractivity contribution is 7.89. The fraction of sp³-hybridized carbons (Fsp3) is 0.455. The second-order valence-electron chi connectivity index (χ2n) is 4.85. The zero-order valence-electron chi connectivity index (χ0n) is 11.1. The van der Waals surface area contributed by atoms with E-state index in [9.17, 15) is 31.7 Å². The summed E-state index contributed by atoms with van der Waals surface area (Å²) in [5.41, 5.74) is 3.19. The Labute approximate surface area is 123 Å². The molecular formula is C11H12F3N3O4S. The van der Waals surface area contributed by atoms with E-state index in [1.807, 2.05) is 0 Å². The van der Waals surface area contributed by atoms with Crippen LogP contribution in [0.5, 0.6) is 0 Å². The number of halogens is 3. The van der Waals surface area contributed by atoms with E-state index >= 15 is 0 Å². The van der Waals surface area contributed by atoms with Gasteiger partial charge in [-0.15, -0.1) is 0 Å². The highest BCUT2D eigenvalue weighted by atomic mass is 32.2. The fourth-order valence-electron chi connectivity index (χ4n) is 2.19. The van der Waals surface area contributed by atoms with Gasteiger partial charge in [0.25, 0.3) is 5.69 Å². The number of nitrogens with zero attached hydrogens (tertiary/aromatic N) is 2. The van der Waals surface area contributed by atoms with Crippen LogP contribution in [0.1, 0.15) is 12.0 Å². The van der Waals surface area contributed by atoms with E-state index in [1.54, 1.807) is 0 Å². The van der Waals surface area contributed by atoms with E-state index in [2.05, 4.69) is 0 Å². The predicted molar refractivity (Wildman–Crippen MR) is 69.4 cm³/mol. The van der Waals surface area contributed by atoms with Gasteiger partial charge in [-0.3, -0.25) is 10.1 Å². The van der Waals surface area contributed by atoms with E-state index in [-0.39, 0.29) is 19.2 Å². The molecule has 0 spiro atoms. The van der Waals surface area contributed by atoms with Crippen molar-refractivity contribution in [1.29, 1.82) is 0 Å². The number of rotatable bonds is 3. The summed E-state index contributed by atoms with van der Waals surface area (Å²) in [6, 6.07) is 1.13. The van der Waals surface area contributed by atoms with Gasteiger partial charge in [0.1, 0.15) is 0 Å². The molecule has 7 nitrogen and oxygen atoms in total. The van der Waals surface area contributed by atoms with Crippen LogP contribution in [0, 0.1) is 10.1 Å². The Bertz CT molecular complexity index is 705. The molecule has 0 aromatic heterocycles. The summed E-state index contributed by atoms with van der Waals surface area (Å²) in [6.07, 6.45) is -4.69. The Morgan fingerprint density at radius 3 is 2.45 bits per heavy atom. The van der Waals surface area contributed by atoms with E-state index < -0.39 is 43.3 Å². The fourth-order valence-corrected chi connectivity index (χ4v) is 3.89. The quantitative estimate of drug-likeness (QED) is 0.660. The molecule has 0 unspecified atom stereocenters. The van der Waals surface area contributed by atoms with E-state index in [4.69, 9.17) is 5.73 Å². The van der Waals surface area contributed by atoms with Crippen molar-refractivity contribution in [3.63, 3.8) is 0 Å². The van der Waals surface area contributed by atoms with Gasteiger partial charge >= 0.3 is 6.18 Å². The average molecular weight is 339 g/mol. The molecule has 22 heavy (non-hydrogen) atoms.